The van der Waals surface area contributed by atoms with Crippen molar-refractivity contribution < 1.29 is 24.7 Å². The van der Waals surface area contributed by atoms with Crippen LogP contribution in [0.15, 0.2) is 29.8 Å². The van der Waals surface area contributed by atoms with Crippen molar-refractivity contribution >= 4 is 23.7 Å². The lowest BCUT2D eigenvalue weighted by atomic mass is 10.1. The summed E-state index contributed by atoms with van der Waals surface area (Å²) < 4.78 is 0. The number of carbonyl (C=O) groups excluding carboxylic acids is 2. The Hall–Kier alpha value is -2.34. The van der Waals surface area contributed by atoms with Crippen LogP contribution in [0.2, 0.25) is 0 Å². The van der Waals surface area contributed by atoms with Gasteiger partial charge in [-0.1, -0.05) is 18.2 Å². The molecular weight excluding hydrogens is 272 g/mol. The molecule has 1 heterocycles. The van der Waals surface area contributed by atoms with Gasteiger partial charge in [-0.2, -0.15) is 0 Å². The van der Waals surface area contributed by atoms with E-state index in [1.54, 1.807) is 12.1 Å². The molecule has 0 unspecified atom stereocenters. The Labute approximate surface area is 122 Å². The monoisotopic (exact) mass is 289 g/mol. The van der Waals surface area contributed by atoms with E-state index in [4.69, 9.17) is 0 Å². The van der Waals surface area contributed by atoms with Crippen LogP contribution in [-0.2, 0) is 9.59 Å². The zero-order valence-electron chi connectivity index (χ0n) is 11.8. The molecule has 1 fully saturated rings. The Bertz CT molecular complexity index is 559. The van der Waals surface area contributed by atoms with Crippen LogP contribution < -0.4 is 20.0 Å². The van der Waals surface area contributed by atoms with Gasteiger partial charge >= 0.3 is 0 Å². The minimum absolute atomic E-state index is 0.542. The summed E-state index contributed by atoms with van der Waals surface area (Å²) in [5.41, 5.74) is 0.521. The molecule has 1 aliphatic rings. The van der Waals surface area contributed by atoms with Crippen molar-refractivity contribution in [1.29, 1.82) is 0 Å². The Kier molecular flexibility index (Phi) is 4.59. The zero-order chi connectivity index (χ0) is 15.4. The first-order valence-corrected chi connectivity index (χ1v) is 6.78. The first-order valence-electron chi connectivity index (χ1n) is 6.78. The van der Waals surface area contributed by atoms with Crippen molar-refractivity contribution in [3.63, 3.8) is 0 Å². The molecule has 0 bridgehead atoms. The van der Waals surface area contributed by atoms with Crippen LogP contribution in [-0.4, -0.2) is 45.2 Å². The molecule has 6 nitrogen and oxygen atoms in total. The summed E-state index contributed by atoms with van der Waals surface area (Å²) in [7, 11) is 2.12. The second kappa shape index (κ2) is 6.41. The largest absolute Gasteiger partial charge is 0.545 e. The van der Waals surface area contributed by atoms with E-state index in [1.165, 1.54) is 4.90 Å². The van der Waals surface area contributed by atoms with E-state index in [0.717, 1.165) is 37.9 Å². The van der Waals surface area contributed by atoms with Gasteiger partial charge in [-0.3, -0.25) is 0 Å². The molecule has 1 aliphatic heterocycles. The third-order valence-corrected chi connectivity index (χ3v) is 3.63. The molecule has 1 saturated heterocycles. The van der Waals surface area contributed by atoms with Gasteiger partial charge in [0.1, 0.15) is 0 Å². The molecule has 1 aromatic rings. The standard InChI is InChI=1S/C15H18N2O4/c1-16-6-8-17(9-7-16)13-5-3-2-4-11(13)10-12(14(18)19)15(20)21/h2-5,10H,6-9H2,1H3,(H,18,19)(H,20,21)/p-1. The average Bonchev–Trinajstić information content (AvgIpc) is 2.45. The molecule has 2 rings (SSSR count). The number of carbonyl (C=O) groups is 2. The molecule has 21 heavy (non-hydrogen) atoms. The predicted octanol–water partition coefficient (Wildman–Crippen LogP) is -3.10. The zero-order valence-corrected chi connectivity index (χ0v) is 11.8. The third-order valence-electron chi connectivity index (χ3n) is 3.63. The fourth-order valence-corrected chi connectivity index (χ4v) is 2.38. The number of carboxylic acid groups (broad SMARTS) is 2. The van der Waals surface area contributed by atoms with Crippen LogP contribution in [0.4, 0.5) is 5.69 Å². The molecule has 0 aromatic heterocycles. The van der Waals surface area contributed by atoms with Crippen molar-refractivity contribution in [1.82, 2.24) is 0 Å². The van der Waals surface area contributed by atoms with Crippen molar-refractivity contribution in [3.05, 3.63) is 35.4 Å². The number of quaternary nitrogens is 1. The molecule has 0 radical (unpaired) electrons. The number of likely N-dealkylation sites (N-methyl/N-ethyl adjacent to an activating group) is 1. The number of hydrogen-bond donors (Lipinski definition) is 1. The highest BCUT2D eigenvalue weighted by molar-refractivity contribution is 6.15. The number of aliphatic carboxylic acids is 2. The van der Waals surface area contributed by atoms with Crippen molar-refractivity contribution in [2.24, 2.45) is 0 Å². The van der Waals surface area contributed by atoms with Gasteiger partial charge < -0.3 is 29.6 Å². The van der Waals surface area contributed by atoms with Gasteiger partial charge in [0.25, 0.3) is 0 Å². The fraction of sp³-hybridized carbons (Fsp3) is 0.333. The molecular formula is C15H17N2O4-. The van der Waals surface area contributed by atoms with Gasteiger partial charge in [0, 0.05) is 11.3 Å². The molecule has 112 valence electrons. The lowest BCUT2D eigenvalue weighted by Crippen LogP contribution is -3.12. The maximum atomic E-state index is 10.9. The molecule has 6 heteroatoms. The maximum absolute atomic E-state index is 10.9. The van der Waals surface area contributed by atoms with Gasteiger partial charge in [-0.15, -0.1) is 0 Å². The minimum Gasteiger partial charge on any atom is -0.545 e. The third kappa shape index (κ3) is 3.61. The number of para-hydroxylation sites is 1. The van der Waals surface area contributed by atoms with E-state index in [2.05, 4.69) is 11.9 Å². The molecule has 1 aromatic carbocycles. The molecule has 0 spiro atoms. The van der Waals surface area contributed by atoms with Crippen LogP contribution in [0.5, 0.6) is 0 Å². The van der Waals surface area contributed by atoms with E-state index >= 15 is 0 Å². The Morgan fingerprint density at radius 3 is 2.29 bits per heavy atom. The first kappa shape index (κ1) is 15.1. The number of anilines is 1. The van der Waals surface area contributed by atoms with Gasteiger partial charge in [0.2, 0.25) is 0 Å². The highest BCUT2D eigenvalue weighted by Gasteiger charge is 2.18. The van der Waals surface area contributed by atoms with Crippen LogP contribution in [0.1, 0.15) is 5.56 Å². The molecule has 0 amide bonds. The summed E-state index contributed by atoms with van der Waals surface area (Å²) >= 11 is 0. The summed E-state index contributed by atoms with van der Waals surface area (Å²) in [5.74, 6) is -3.49. The van der Waals surface area contributed by atoms with E-state index in [9.17, 15) is 19.8 Å². The lowest BCUT2D eigenvalue weighted by molar-refractivity contribution is -0.880. The van der Waals surface area contributed by atoms with E-state index in [1.807, 2.05) is 12.1 Å². The molecule has 0 aliphatic carbocycles. The summed E-state index contributed by atoms with van der Waals surface area (Å²) in [5, 5.41) is 21.7. The van der Waals surface area contributed by atoms with E-state index in [0.29, 0.717) is 5.56 Å². The SMILES string of the molecule is C[NH+]1CCN(c2ccccc2C=C(C(=O)[O-])C(=O)[O-])CC1. The lowest BCUT2D eigenvalue weighted by Gasteiger charge is -2.32. The highest BCUT2D eigenvalue weighted by atomic mass is 16.4. The second-order valence-corrected chi connectivity index (χ2v) is 5.14. The smallest absolute Gasteiger partial charge is 0.0947 e. The van der Waals surface area contributed by atoms with Gasteiger partial charge in [-0.05, 0) is 17.7 Å². The molecule has 0 saturated carbocycles. The normalized spacial score (nSPS) is 15.6. The van der Waals surface area contributed by atoms with Crippen molar-refractivity contribution in [2.75, 3.05) is 38.1 Å². The number of nitrogens with zero attached hydrogens (tertiary/aromatic N) is 1. The number of rotatable bonds is 4. The number of benzene rings is 1. The average molecular weight is 289 g/mol. The summed E-state index contributed by atoms with van der Waals surface area (Å²) in [6, 6.07) is 7.12. The van der Waals surface area contributed by atoms with E-state index < -0.39 is 17.5 Å². The number of piperazine rings is 1. The number of hydrogen-bond acceptors (Lipinski definition) is 5. The molecule has 1 N–H and O–H groups in total. The second-order valence-electron chi connectivity index (χ2n) is 5.14. The van der Waals surface area contributed by atoms with E-state index in [-0.39, 0.29) is 0 Å². The van der Waals surface area contributed by atoms with Gasteiger partial charge in [0.05, 0.1) is 45.2 Å². The van der Waals surface area contributed by atoms with Gasteiger partial charge in [-0.25, -0.2) is 0 Å². The number of nitrogens with one attached hydrogen (secondary N) is 1. The summed E-state index contributed by atoms with van der Waals surface area (Å²) in [6.45, 7) is 3.63. The Balaban J connectivity index is 2.35. The van der Waals surface area contributed by atoms with Crippen LogP contribution in [0.3, 0.4) is 0 Å². The van der Waals surface area contributed by atoms with Crippen LogP contribution in [0, 0.1) is 0 Å². The Morgan fingerprint density at radius 2 is 1.71 bits per heavy atom. The Morgan fingerprint density at radius 1 is 1.14 bits per heavy atom. The van der Waals surface area contributed by atoms with Gasteiger partial charge in [0.15, 0.2) is 0 Å². The van der Waals surface area contributed by atoms with Crippen LogP contribution in [0.25, 0.3) is 6.08 Å². The fourth-order valence-electron chi connectivity index (χ4n) is 2.38. The number of carboxylic acids is 2. The highest BCUT2D eigenvalue weighted by Crippen LogP contribution is 2.22. The maximum Gasteiger partial charge on any atom is 0.0947 e. The summed E-state index contributed by atoms with van der Waals surface area (Å²) in [4.78, 5) is 25.3. The molecule has 0 atom stereocenters. The van der Waals surface area contributed by atoms with Crippen molar-refractivity contribution in [2.45, 2.75) is 0 Å². The minimum atomic E-state index is -1.74. The van der Waals surface area contributed by atoms with Crippen molar-refractivity contribution in [3.8, 4) is 0 Å². The van der Waals surface area contributed by atoms with Crippen LogP contribution >= 0.6 is 0 Å². The predicted molar refractivity (Wildman–Crippen MR) is 73.3 cm³/mol. The topological polar surface area (TPSA) is 87.9 Å². The quantitative estimate of drug-likeness (QED) is 0.360. The summed E-state index contributed by atoms with van der Waals surface area (Å²) in [6.07, 6.45) is 1.10. The first-order chi connectivity index (χ1) is 9.99.